The van der Waals surface area contributed by atoms with Gasteiger partial charge in [0.2, 0.25) is 10.0 Å². The maximum atomic E-state index is 11.9. The van der Waals surface area contributed by atoms with Crippen LogP contribution < -0.4 is 0 Å². The summed E-state index contributed by atoms with van der Waals surface area (Å²) in [6.45, 7) is -0.184. The van der Waals surface area contributed by atoms with Gasteiger partial charge in [0.15, 0.2) is 0 Å². The summed E-state index contributed by atoms with van der Waals surface area (Å²) in [7, 11) is -2.12. The van der Waals surface area contributed by atoms with Crippen LogP contribution in [0.25, 0.3) is 0 Å². The molecule has 4 nitrogen and oxygen atoms in total. The normalized spacial score (nSPS) is 12.1. The van der Waals surface area contributed by atoms with E-state index in [-0.39, 0.29) is 18.9 Å². The number of aliphatic hydroxyl groups excluding tert-OH is 1. The van der Waals surface area contributed by atoms with Gasteiger partial charge in [0.25, 0.3) is 0 Å². The molecule has 1 N–H and O–H groups in total. The number of nitrogens with zero attached hydrogens (tertiary/aromatic N) is 1. The van der Waals surface area contributed by atoms with Crippen molar-refractivity contribution in [1.82, 2.24) is 4.31 Å². The molecule has 1 rings (SSSR count). The molecule has 0 bridgehead atoms. The molecule has 7 heteroatoms. The molecule has 0 aromatic heterocycles. The summed E-state index contributed by atoms with van der Waals surface area (Å²) in [6, 6.07) is 4.83. The second-order valence-corrected chi connectivity index (χ2v) is 6.39. The van der Waals surface area contributed by atoms with Gasteiger partial charge in [0.05, 0.1) is 12.4 Å². The number of sulfonamides is 1. The summed E-state index contributed by atoms with van der Waals surface area (Å²) in [6.07, 6.45) is 0. The molecule has 0 aliphatic heterocycles. The van der Waals surface area contributed by atoms with Crippen LogP contribution in [0.15, 0.2) is 18.2 Å². The highest BCUT2D eigenvalue weighted by Gasteiger charge is 2.20. The summed E-state index contributed by atoms with van der Waals surface area (Å²) >= 11 is 11.8. The van der Waals surface area contributed by atoms with E-state index in [1.54, 1.807) is 18.2 Å². The first kappa shape index (κ1) is 14.7. The molecule has 0 fully saturated rings. The molecule has 0 amide bonds. The van der Waals surface area contributed by atoms with E-state index in [9.17, 15) is 8.42 Å². The minimum Gasteiger partial charge on any atom is -0.395 e. The number of benzene rings is 1. The van der Waals surface area contributed by atoms with Gasteiger partial charge >= 0.3 is 0 Å². The van der Waals surface area contributed by atoms with Gasteiger partial charge in [-0.3, -0.25) is 0 Å². The van der Waals surface area contributed by atoms with Crippen LogP contribution in [0.3, 0.4) is 0 Å². The third-order valence-corrected chi connectivity index (χ3v) is 4.77. The minimum atomic E-state index is -3.52. The topological polar surface area (TPSA) is 57.6 Å². The molecule has 1 aromatic carbocycles. The van der Waals surface area contributed by atoms with Gasteiger partial charge in [-0.2, -0.15) is 0 Å². The molecule has 0 saturated carbocycles. The first-order valence-corrected chi connectivity index (χ1v) is 7.22. The number of rotatable bonds is 5. The summed E-state index contributed by atoms with van der Waals surface area (Å²) in [4.78, 5) is 0. The van der Waals surface area contributed by atoms with Gasteiger partial charge in [0, 0.05) is 29.2 Å². The van der Waals surface area contributed by atoms with E-state index in [1.165, 1.54) is 7.05 Å². The maximum absolute atomic E-state index is 11.9. The number of likely N-dealkylation sites (N-methyl/N-ethyl adjacent to an activating group) is 1. The highest BCUT2D eigenvalue weighted by molar-refractivity contribution is 7.88. The Morgan fingerprint density at radius 2 is 1.82 bits per heavy atom. The predicted molar refractivity (Wildman–Crippen MR) is 68.8 cm³/mol. The minimum absolute atomic E-state index is 0.0460. The fourth-order valence-corrected chi connectivity index (χ4v) is 3.19. The van der Waals surface area contributed by atoms with E-state index in [1.807, 2.05) is 0 Å². The zero-order valence-electron chi connectivity index (χ0n) is 9.23. The molecule has 0 heterocycles. The van der Waals surface area contributed by atoms with Crippen molar-refractivity contribution in [3.8, 4) is 0 Å². The van der Waals surface area contributed by atoms with E-state index in [0.717, 1.165) is 4.31 Å². The van der Waals surface area contributed by atoms with Crippen LogP contribution in [-0.2, 0) is 15.8 Å². The van der Waals surface area contributed by atoms with Crippen LogP contribution in [0.4, 0.5) is 0 Å². The lowest BCUT2D eigenvalue weighted by Crippen LogP contribution is -2.30. The van der Waals surface area contributed by atoms with E-state index in [2.05, 4.69) is 0 Å². The van der Waals surface area contributed by atoms with Crippen LogP contribution in [0.1, 0.15) is 5.56 Å². The molecule has 0 aliphatic carbocycles. The average Bonchev–Trinajstić information content (AvgIpc) is 2.24. The zero-order chi connectivity index (χ0) is 13.1. The fraction of sp³-hybridized carbons (Fsp3) is 0.400. The molecule has 0 spiro atoms. The molecule has 0 unspecified atom stereocenters. The van der Waals surface area contributed by atoms with Gasteiger partial charge in [-0.05, 0) is 12.1 Å². The van der Waals surface area contributed by atoms with Gasteiger partial charge in [-0.15, -0.1) is 0 Å². The monoisotopic (exact) mass is 297 g/mol. The van der Waals surface area contributed by atoms with E-state index >= 15 is 0 Å². The molecule has 0 saturated heterocycles. The molecular formula is C10H13Cl2NO3S. The van der Waals surface area contributed by atoms with Crippen molar-refractivity contribution in [2.24, 2.45) is 0 Å². The Kier molecular flexibility index (Phi) is 5.22. The van der Waals surface area contributed by atoms with Crippen LogP contribution in [0.5, 0.6) is 0 Å². The van der Waals surface area contributed by atoms with Gasteiger partial charge in [-0.1, -0.05) is 29.3 Å². The number of hydrogen-bond donors (Lipinski definition) is 1. The van der Waals surface area contributed by atoms with E-state index in [0.29, 0.717) is 15.6 Å². The maximum Gasteiger partial charge on any atom is 0.218 e. The smallest absolute Gasteiger partial charge is 0.218 e. The molecule has 17 heavy (non-hydrogen) atoms. The van der Waals surface area contributed by atoms with Crippen molar-refractivity contribution in [3.63, 3.8) is 0 Å². The molecule has 0 atom stereocenters. The van der Waals surface area contributed by atoms with Gasteiger partial charge < -0.3 is 5.11 Å². The average molecular weight is 298 g/mol. The Balaban J connectivity index is 2.98. The quantitative estimate of drug-likeness (QED) is 0.901. The Morgan fingerprint density at radius 1 is 1.29 bits per heavy atom. The van der Waals surface area contributed by atoms with E-state index < -0.39 is 10.0 Å². The first-order chi connectivity index (χ1) is 7.88. The lowest BCUT2D eigenvalue weighted by Gasteiger charge is -2.16. The van der Waals surface area contributed by atoms with E-state index in [4.69, 9.17) is 28.3 Å². The predicted octanol–water partition coefficient (Wildman–Crippen LogP) is 1.75. The van der Waals surface area contributed by atoms with Crippen LogP contribution >= 0.6 is 23.2 Å². The number of hydrogen-bond acceptors (Lipinski definition) is 3. The van der Waals surface area contributed by atoms with Crippen molar-refractivity contribution in [2.45, 2.75) is 5.75 Å². The number of halogens is 2. The van der Waals surface area contributed by atoms with Crippen molar-refractivity contribution in [1.29, 1.82) is 0 Å². The molecule has 0 aliphatic rings. The second kappa shape index (κ2) is 6.02. The largest absolute Gasteiger partial charge is 0.395 e. The van der Waals surface area contributed by atoms with Crippen molar-refractivity contribution >= 4 is 33.2 Å². The molecule has 96 valence electrons. The van der Waals surface area contributed by atoms with Crippen molar-refractivity contribution in [2.75, 3.05) is 20.2 Å². The molecule has 1 aromatic rings. The van der Waals surface area contributed by atoms with Crippen LogP contribution in [0.2, 0.25) is 10.0 Å². The van der Waals surface area contributed by atoms with Crippen LogP contribution in [0, 0.1) is 0 Å². The lowest BCUT2D eigenvalue weighted by molar-refractivity contribution is 0.266. The third kappa shape index (κ3) is 3.82. The molecule has 0 radical (unpaired) electrons. The third-order valence-electron chi connectivity index (χ3n) is 2.28. The fourth-order valence-electron chi connectivity index (χ4n) is 1.24. The highest BCUT2D eigenvalue weighted by Crippen LogP contribution is 2.26. The van der Waals surface area contributed by atoms with Gasteiger partial charge in [0.1, 0.15) is 0 Å². The van der Waals surface area contributed by atoms with Crippen molar-refractivity contribution < 1.29 is 13.5 Å². The highest BCUT2D eigenvalue weighted by atomic mass is 35.5. The number of aliphatic hydroxyl groups is 1. The van der Waals surface area contributed by atoms with Crippen LogP contribution in [-0.4, -0.2) is 38.0 Å². The summed E-state index contributed by atoms with van der Waals surface area (Å²) in [5.41, 5.74) is 0.376. The zero-order valence-corrected chi connectivity index (χ0v) is 11.6. The Labute approximate surface area is 111 Å². The SMILES string of the molecule is CN(CCO)S(=O)(=O)Cc1c(Cl)cccc1Cl. The summed E-state index contributed by atoms with van der Waals surface area (Å²) < 4.78 is 24.9. The standard InChI is InChI=1S/C10H13Cl2NO3S/c1-13(5-6-14)17(15,16)7-8-9(11)3-2-4-10(8)12/h2-4,14H,5-7H2,1H3. The lowest BCUT2D eigenvalue weighted by atomic mass is 10.2. The Bertz CT molecular complexity index is 470. The first-order valence-electron chi connectivity index (χ1n) is 4.86. The summed E-state index contributed by atoms with van der Waals surface area (Å²) in [5, 5.41) is 9.35. The van der Waals surface area contributed by atoms with Gasteiger partial charge in [-0.25, -0.2) is 12.7 Å². The molecular weight excluding hydrogens is 285 g/mol. The second-order valence-electron chi connectivity index (χ2n) is 3.50. The summed E-state index contributed by atoms with van der Waals surface area (Å²) in [5.74, 6) is -0.276. The Hall–Kier alpha value is -0.330. The Morgan fingerprint density at radius 3 is 2.29 bits per heavy atom. The van der Waals surface area contributed by atoms with Crippen molar-refractivity contribution in [3.05, 3.63) is 33.8 Å².